The normalized spacial score (nSPS) is 19.9. The molecule has 98 valence electrons. The molecule has 1 fully saturated rings. The van der Waals surface area contributed by atoms with Gasteiger partial charge in [-0.2, -0.15) is 0 Å². The molecule has 2 rings (SSSR count). The van der Waals surface area contributed by atoms with Crippen LogP contribution in [0.5, 0.6) is 0 Å². The van der Waals surface area contributed by atoms with Gasteiger partial charge in [0.25, 0.3) is 0 Å². The number of likely N-dealkylation sites (tertiary alicyclic amines) is 1. The van der Waals surface area contributed by atoms with E-state index in [4.69, 9.17) is 0 Å². The fourth-order valence-corrected chi connectivity index (χ4v) is 2.28. The van der Waals surface area contributed by atoms with E-state index in [1.165, 1.54) is 6.42 Å². The molecule has 1 N–H and O–H groups in total. The number of hydrogen-bond acceptors (Lipinski definition) is 2. The molecule has 0 spiro atoms. The van der Waals surface area contributed by atoms with Crippen LogP contribution in [0.25, 0.3) is 0 Å². The molecule has 4 nitrogen and oxygen atoms in total. The molecule has 0 saturated carbocycles. The highest BCUT2D eigenvalue weighted by atomic mass is 16.2. The van der Waals surface area contributed by atoms with Crippen LogP contribution in [0, 0.1) is 0 Å². The Morgan fingerprint density at radius 1 is 1.33 bits per heavy atom. The topological polar surface area (TPSA) is 35.6 Å². The fraction of sp³-hybridized carbons (Fsp3) is 0.500. The minimum Gasteiger partial charge on any atom is -0.323 e. The first-order valence-corrected chi connectivity index (χ1v) is 6.44. The van der Waals surface area contributed by atoms with Gasteiger partial charge < -0.3 is 15.1 Å². The molecular formula is C14H21N3O. The quantitative estimate of drug-likeness (QED) is 0.870. The summed E-state index contributed by atoms with van der Waals surface area (Å²) in [6.45, 7) is 1.66. The highest BCUT2D eigenvalue weighted by Gasteiger charge is 2.24. The second kappa shape index (κ2) is 5.87. The largest absolute Gasteiger partial charge is 0.323 e. The predicted molar refractivity (Wildman–Crippen MR) is 73.7 cm³/mol. The molecule has 1 aliphatic heterocycles. The number of hydrogen-bond donors (Lipinski definition) is 1. The molecule has 0 aliphatic carbocycles. The molecule has 2 amide bonds. The molecule has 0 unspecified atom stereocenters. The number of para-hydroxylation sites is 1. The van der Waals surface area contributed by atoms with Crippen LogP contribution in [-0.4, -0.2) is 49.1 Å². The lowest BCUT2D eigenvalue weighted by Crippen LogP contribution is -2.48. The van der Waals surface area contributed by atoms with Gasteiger partial charge in [-0.15, -0.1) is 0 Å². The Hall–Kier alpha value is -1.55. The number of carbonyl (C=O) groups excluding carboxylic acids is 1. The molecule has 1 saturated heterocycles. The molecule has 18 heavy (non-hydrogen) atoms. The van der Waals surface area contributed by atoms with Gasteiger partial charge in [0.1, 0.15) is 0 Å². The number of rotatable bonds is 2. The number of urea groups is 1. The highest BCUT2D eigenvalue weighted by molar-refractivity contribution is 5.89. The minimum atomic E-state index is 0.00718. The van der Waals surface area contributed by atoms with Crippen LogP contribution in [0.1, 0.15) is 12.8 Å². The van der Waals surface area contributed by atoms with E-state index in [0.717, 1.165) is 25.2 Å². The van der Waals surface area contributed by atoms with Gasteiger partial charge in [0, 0.05) is 24.8 Å². The Balaban J connectivity index is 1.93. The summed E-state index contributed by atoms with van der Waals surface area (Å²) in [5.74, 6) is 0. The lowest BCUT2D eigenvalue weighted by Gasteiger charge is -2.36. The van der Waals surface area contributed by atoms with Crippen LogP contribution in [0.4, 0.5) is 10.5 Å². The smallest absolute Gasteiger partial charge is 0.321 e. The van der Waals surface area contributed by atoms with Crippen molar-refractivity contribution in [1.29, 1.82) is 0 Å². The Morgan fingerprint density at radius 3 is 2.72 bits per heavy atom. The molecule has 1 aromatic carbocycles. The van der Waals surface area contributed by atoms with Crippen molar-refractivity contribution < 1.29 is 4.79 Å². The first kappa shape index (κ1) is 12.9. The molecule has 1 aliphatic rings. The monoisotopic (exact) mass is 247 g/mol. The summed E-state index contributed by atoms with van der Waals surface area (Å²) in [5, 5.41) is 2.94. The van der Waals surface area contributed by atoms with Crippen LogP contribution in [0.15, 0.2) is 30.3 Å². The lowest BCUT2D eigenvalue weighted by atomic mass is 10.1. The van der Waals surface area contributed by atoms with E-state index in [0.29, 0.717) is 6.04 Å². The maximum atomic E-state index is 12.1. The van der Waals surface area contributed by atoms with E-state index >= 15 is 0 Å². The lowest BCUT2D eigenvalue weighted by molar-refractivity contribution is 0.148. The highest BCUT2D eigenvalue weighted by Crippen LogP contribution is 2.15. The third-order valence-corrected chi connectivity index (χ3v) is 3.44. The standard InChI is InChI=1S/C14H21N3O/c1-16(2)13-9-6-10-17(11-13)14(18)15-12-7-4-3-5-8-12/h3-5,7-8,13H,6,9-11H2,1-2H3,(H,15,18)/t13-/m0/s1. The second-order valence-corrected chi connectivity index (χ2v) is 5.00. The van der Waals surface area contributed by atoms with Gasteiger partial charge in [0.15, 0.2) is 0 Å². The summed E-state index contributed by atoms with van der Waals surface area (Å²) < 4.78 is 0. The average Bonchev–Trinajstić information content (AvgIpc) is 2.40. The van der Waals surface area contributed by atoms with E-state index < -0.39 is 0 Å². The van der Waals surface area contributed by atoms with Gasteiger partial charge in [0.2, 0.25) is 0 Å². The zero-order valence-corrected chi connectivity index (χ0v) is 11.1. The number of carbonyl (C=O) groups is 1. The van der Waals surface area contributed by atoms with E-state index in [1.807, 2.05) is 35.2 Å². The van der Waals surface area contributed by atoms with E-state index in [2.05, 4.69) is 24.3 Å². The zero-order valence-electron chi connectivity index (χ0n) is 11.1. The Labute approximate surface area is 109 Å². The number of benzene rings is 1. The van der Waals surface area contributed by atoms with Crippen molar-refractivity contribution in [2.45, 2.75) is 18.9 Å². The van der Waals surface area contributed by atoms with Crippen molar-refractivity contribution in [3.63, 3.8) is 0 Å². The molecule has 1 atom stereocenters. The summed E-state index contributed by atoms with van der Waals surface area (Å²) >= 11 is 0. The van der Waals surface area contributed by atoms with Crippen molar-refractivity contribution >= 4 is 11.7 Å². The van der Waals surface area contributed by atoms with E-state index in [9.17, 15) is 4.79 Å². The molecule has 0 aromatic heterocycles. The molecule has 4 heteroatoms. The molecule has 1 heterocycles. The van der Waals surface area contributed by atoms with Crippen molar-refractivity contribution in [3.8, 4) is 0 Å². The Morgan fingerprint density at radius 2 is 2.06 bits per heavy atom. The maximum absolute atomic E-state index is 12.1. The molecule has 1 aromatic rings. The number of nitrogens with one attached hydrogen (secondary N) is 1. The number of amides is 2. The van der Waals surface area contributed by atoms with Gasteiger partial charge in [-0.25, -0.2) is 4.79 Å². The van der Waals surface area contributed by atoms with Gasteiger partial charge >= 0.3 is 6.03 Å². The SMILES string of the molecule is CN(C)[C@H]1CCCN(C(=O)Nc2ccccc2)C1. The van der Waals surface area contributed by atoms with Crippen LogP contribution >= 0.6 is 0 Å². The maximum Gasteiger partial charge on any atom is 0.321 e. The summed E-state index contributed by atoms with van der Waals surface area (Å²) in [6, 6.07) is 10.1. The fourth-order valence-electron chi connectivity index (χ4n) is 2.28. The summed E-state index contributed by atoms with van der Waals surface area (Å²) in [5.41, 5.74) is 0.856. The van der Waals surface area contributed by atoms with Crippen molar-refractivity contribution in [3.05, 3.63) is 30.3 Å². The number of piperidine rings is 1. The van der Waals surface area contributed by atoms with Crippen LogP contribution < -0.4 is 5.32 Å². The van der Waals surface area contributed by atoms with Gasteiger partial charge in [0.05, 0.1) is 0 Å². The third-order valence-electron chi connectivity index (χ3n) is 3.44. The summed E-state index contributed by atoms with van der Waals surface area (Å²) in [4.78, 5) is 16.2. The predicted octanol–water partition coefficient (Wildman–Crippen LogP) is 2.24. The van der Waals surface area contributed by atoms with E-state index in [-0.39, 0.29) is 6.03 Å². The zero-order chi connectivity index (χ0) is 13.0. The number of anilines is 1. The van der Waals surface area contributed by atoms with E-state index in [1.54, 1.807) is 0 Å². The van der Waals surface area contributed by atoms with Crippen LogP contribution in [0.2, 0.25) is 0 Å². The van der Waals surface area contributed by atoms with Crippen LogP contribution in [-0.2, 0) is 0 Å². The Bertz CT molecular complexity index is 391. The van der Waals surface area contributed by atoms with Gasteiger partial charge in [-0.05, 0) is 39.1 Å². The number of likely N-dealkylation sites (N-methyl/N-ethyl adjacent to an activating group) is 1. The first-order valence-electron chi connectivity index (χ1n) is 6.44. The van der Waals surface area contributed by atoms with Crippen molar-refractivity contribution in [1.82, 2.24) is 9.80 Å². The third kappa shape index (κ3) is 3.23. The van der Waals surface area contributed by atoms with Crippen molar-refractivity contribution in [2.24, 2.45) is 0 Å². The average molecular weight is 247 g/mol. The van der Waals surface area contributed by atoms with Gasteiger partial charge in [-0.1, -0.05) is 18.2 Å². The summed E-state index contributed by atoms with van der Waals surface area (Å²) in [6.07, 6.45) is 2.24. The molecule has 0 bridgehead atoms. The Kier molecular flexibility index (Phi) is 4.20. The molecular weight excluding hydrogens is 226 g/mol. The first-order chi connectivity index (χ1) is 8.66. The second-order valence-electron chi connectivity index (χ2n) is 5.00. The molecule has 0 radical (unpaired) electrons. The van der Waals surface area contributed by atoms with Crippen LogP contribution in [0.3, 0.4) is 0 Å². The number of nitrogens with zero attached hydrogens (tertiary/aromatic N) is 2. The minimum absolute atomic E-state index is 0.00718. The summed E-state index contributed by atoms with van der Waals surface area (Å²) in [7, 11) is 4.15. The van der Waals surface area contributed by atoms with Crippen molar-refractivity contribution in [2.75, 3.05) is 32.5 Å². The van der Waals surface area contributed by atoms with Gasteiger partial charge in [-0.3, -0.25) is 0 Å².